The SMILES string of the molecule is C=C1CCCN(S(=O)(=O)c2ccc(Cl)c(C(=O)O)c2)C1. The molecule has 1 N–H and O–H groups in total. The third-order valence-electron chi connectivity index (χ3n) is 3.14. The van der Waals surface area contributed by atoms with E-state index in [2.05, 4.69) is 6.58 Å². The van der Waals surface area contributed by atoms with Crippen LogP contribution in [-0.4, -0.2) is 36.9 Å². The van der Waals surface area contributed by atoms with Crippen molar-refractivity contribution in [3.8, 4) is 0 Å². The zero-order valence-electron chi connectivity index (χ0n) is 10.7. The maximum Gasteiger partial charge on any atom is 0.337 e. The highest BCUT2D eigenvalue weighted by Gasteiger charge is 2.28. The Hall–Kier alpha value is -1.37. The van der Waals surface area contributed by atoms with E-state index < -0.39 is 16.0 Å². The van der Waals surface area contributed by atoms with Crippen LogP contribution in [0.15, 0.2) is 35.2 Å². The van der Waals surface area contributed by atoms with E-state index in [1.807, 2.05) is 0 Å². The van der Waals surface area contributed by atoms with Crippen molar-refractivity contribution in [1.29, 1.82) is 0 Å². The standard InChI is InChI=1S/C13H14ClNO4S/c1-9-3-2-6-15(8-9)20(18,19)10-4-5-12(14)11(7-10)13(16)17/h4-5,7H,1-3,6,8H2,(H,16,17). The Balaban J connectivity index is 2.41. The highest BCUT2D eigenvalue weighted by Crippen LogP contribution is 2.26. The zero-order chi connectivity index (χ0) is 14.9. The summed E-state index contributed by atoms with van der Waals surface area (Å²) in [6.07, 6.45) is 1.53. The number of sulfonamides is 1. The highest BCUT2D eigenvalue weighted by molar-refractivity contribution is 7.89. The lowest BCUT2D eigenvalue weighted by Crippen LogP contribution is -2.36. The first kappa shape index (κ1) is 15.0. The molecule has 1 aromatic carbocycles. The average molecular weight is 316 g/mol. The molecule has 0 radical (unpaired) electrons. The van der Waals surface area contributed by atoms with E-state index in [4.69, 9.17) is 16.7 Å². The first-order valence-corrected chi connectivity index (χ1v) is 7.84. The van der Waals surface area contributed by atoms with E-state index in [0.29, 0.717) is 6.54 Å². The van der Waals surface area contributed by atoms with Crippen LogP contribution < -0.4 is 0 Å². The van der Waals surface area contributed by atoms with Crippen molar-refractivity contribution >= 4 is 27.6 Å². The van der Waals surface area contributed by atoms with Gasteiger partial charge in [0.25, 0.3) is 0 Å². The van der Waals surface area contributed by atoms with Gasteiger partial charge in [-0.1, -0.05) is 23.8 Å². The van der Waals surface area contributed by atoms with Crippen LogP contribution in [0.3, 0.4) is 0 Å². The molecule has 1 aliphatic rings. The number of halogens is 1. The van der Waals surface area contributed by atoms with Crippen molar-refractivity contribution in [1.82, 2.24) is 4.31 Å². The number of nitrogens with zero attached hydrogens (tertiary/aromatic N) is 1. The molecule has 0 aliphatic carbocycles. The lowest BCUT2D eigenvalue weighted by molar-refractivity contribution is 0.0697. The van der Waals surface area contributed by atoms with Crippen molar-refractivity contribution in [2.75, 3.05) is 13.1 Å². The van der Waals surface area contributed by atoms with E-state index >= 15 is 0 Å². The van der Waals surface area contributed by atoms with Crippen molar-refractivity contribution in [3.63, 3.8) is 0 Å². The van der Waals surface area contributed by atoms with Gasteiger partial charge < -0.3 is 5.11 Å². The second-order valence-electron chi connectivity index (χ2n) is 4.64. The van der Waals surface area contributed by atoms with E-state index in [1.54, 1.807) is 0 Å². The highest BCUT2D eigenvalue weighted by atomic mass is 35.5. The smallest absolute Gasteiger partial charge is 0.337 e. The lowest BCUT2D eigenvalue weighted by Gasteiger charge is -2.27. The van der Waals surface area contributed by atoms with Gasteiger partial charge in [-0.05, 0) is 31.0 Å². The second kappa shape index (κ2) is 5.55. The van der Waals surface area contributed by atoms with Gasteiger partial charge in [0.05, 0.1) is 15.5 Å². The number of hydrogen-bond donors (Lipinski definition) is 1. The fourth-order valence-corrected chi connectivity index (χ4v) is 3.82. The van der Waals surface area contributed by atoms with Gasteiger partial charge in [-0.25, -0.2) is 13.2 Å². The summed E-state index contributed by atoms with van der Waals surface area (Å²) in [7, 11) is -3.72. The maximum absolute atomic E-state index is 12.5. The molecule has 0 bridgehead atoms. The Morgan fingerprint density at radius 2 is 2.10 bits per heavy atom. The number of carbonyl (C=O) groups is 1. The molecule has 2 rings (SSSR count). The number of carboxylic acid groups (broad SMARTS) is 1. The number of carboxylic acids is 1. The third kappa shape index (κ3) is 2.87. The fourth-order valence-electron chi connectivity index (χ4n) is 2.10. The molecule has 1 aromatic rings. The quantitative estimate of drug-likeness (QED) is 0.869. The summed E-state index contributed by atoms with van der Waals surface area (Å²) in [5, 5.41) is 9.01. The van der Waals surface area contributed by atoms with Gasteiger partial charge in [0.2, 0.25) is 10.0 Å². The summed E-state index contributed by atoms with van der Waals surface area (Å²) in [4.78, 5) is 11.0. The summed E-state index contributed by atoms with van der Waals surface area (Å²) >= 11 is 5.75. The molecule has 0 spiro atoms. The molecule has 0 amide bonds. The molecular formula is C13H14ClNO4S. The van der Waals surface area contributed by atoms with Crippen LogP contribution in [0.25, 0.3) is 0 Å². The number of hydrogen-bond acceptors (Lipinski definition) is 3. The van der Waals surface area contributed by atoms with Crippen LogP contribution in [0.1, 0.15) is 23.2 Å². The van der Waals surface area contributed by atoms with Crippen molar-refractivity contribution in [3.05, 3.63) is 40.9 Å². The van der Waals surface area contributed by atoms with E-state index in [0.717, 1.165) is 24.5 Å². The Bertz CT molecular complexity index is 669. The molecule has 5 nitrogen and oxygen atoms in total. The van der Waals surface area contributed by atoms with Crippen LogP contribution in [0.4, 0.5) is 0 Å². The Morgan fingerprint density at radius 3 is 2.70 bits per heavy atom. The largest absolute Gasteiger partial charge is 0.478 e. The van der Waals surface area contributed by atoms with Gasteiger partial charge in [0.1, 0.15) is 0 Å². The van der Waals surface area contributed by atoms with Crippen molar-refractivity contribution < 1.29 is 18.3 Å². The van der Waals surface area contributed by atoms with Gasteiger partial charge in [0, 0.05) is 13.1 Å². The van der Waals surface area contributed by atoms with Crippen LogP contribution in [0.2, 0.25) is 5.02 Å². The van der Waals surface area contributed by atoms with Gasteiger partial charge in [-0.3, -0.25) is 0 Å². The minimum atomic E-state index is -3.72. The molecule has 0 saturated carbocycles. The summed E-state index contributed by atoms with van der Waals surface area (Å²) in [5.74, 6) is -1.25. The zero-order valence-corrected chi connectivity index (χ0v) is 12.2. The summed E-state index contributed by atoms with van der Waals surface area (Å²) in [5.41, 5.74) is 0.635. The molecule has 1 aliphatic heterocycles. The molecule has 1 fully saturated rings. The summed E-state index contributed by atoms with van der Waals surface area (Å²) in [6, 6.07) is 3.70. The van der Waals surface area contributed by atoms with Crippen molar-refractivity contribution in [2.45, 2.75) is 17.7 Å². The number of aromatic carboxylic acids is 1. The summed E-state index contributed by atoms with van der Waals surface area (Å²) in [6.45, 7) is 4.49. The molecule has 0 aromatic heterocycles. The van der Waals surface area contributed by atoms with E-state index in [1.165, 1.54) is 16.4 Å². The second-order valence-corrected chi connectivity index (χ2v) is 6.98. The molecule has 108 valence electrons. The predicted octanol–water partition coefficient (Wildman–Crippen LogP) is 2.38. The number of benzene rings is 1. The summed E-state index contributed by atoms with van der Waals surface area (Å²) < 4.78 is 26.2. The van der Waals surface area contributed by atoms with Crippen LogP contribution in [-0.2, 0) is 10.0 Å². The van der Waals surface area contributed by atoms with E-state index in [-0.39, 0.29) is 22.0 Å². The maximum atomic E-state index is 12.5. The van der Waals surface area contributed by atoms with Gasteiger partial charge in [0.15, 0.2) is 0 Å². The number of piperidine rings is 1. The van der Waals surface area contributed by atoms with Crippen LogP contribution in [0.5, 0.6) is 0 Å². The van der Waals surface area contributed by atoms with Crippen molar-refractivity contribution in [2.24, 2.45) is 0 Å². The molecule has 1 saturated heterocycles. The lowest BCUT2D eigenvalue weighted by atomic mass is 10.1. The molecular weight excluding hydrogens is 302 g/mol. The van der Waals surface area contributed by atoms with Gasteiger partial charge >= 0.3 is 5.97 Å². The molecule has 1 heterocycles. The average Bonchev–Trinajstić information content (AvgIpc) is 2.38. The first-order valence-electron chi connectivity index (χ1n) is 6.02. The van der Waals surface area contributed by atoms with Gasteiger partial charge in [-0.15, -0.1) is 0 Å². The van der Waals surface area contributed by atoms with Gasteiger partial charge in [-0.2, -0.15) is 4.31 Å². The Labute approximate surface area is 122 Å². The Kier molecular flexibility index (Phi) is 4.17. The van der Waals surface area contributed by atoms with E-state index in [9.17, 15) is 13.2 Å². The van der Waals surface area contributed by atoms with Crippen LogP contribution in [0, 0.1) is 0 Å². The molecule has 0 atom stereocenters. The third-order valence-corrected chi connectivity index (χ3v) is 5.31. The monoisotopic (exact) mass is 315 g/mol. The molecule has 20 heavy (non-hydrogen) atoms. The predicted molar refractivity (Wildman–Crippen MR) is 75.5 cm³/mol. The topological polar surface area (TPSA) is 74.7 Å². The molecule has 7 heteroatoms. The minimum Gasteiger partial charge on any atom is -0.478 e. The number of rotatable bonds is 3. The fraction of sp³-hybridized carbons (Fsp3) is 0.308. The van der Waals surface area contributed by atoms with Crippen LogP contribution >= 0.6 is 11.6 Å². The normalized spacial score (nSPS) is 17.1. The molecule has 0 unspecified atom stereocenters. The first-order chi connectivity index (χ1) is 9.32. The Morgan fingerprint density at radius 1 is 1.40 bits per heavy atom. The minimum absolute atomic E-state index is 0.0134.